The molecule has 0 radical (unpaired) electrons. The summed E-state index contributed by atoms with van der Waals surface area (Å²) in [6.07, 6.45) is 5.00. The summed E-state index contributed by atoms with van der Waals surface area (Å²) in [7, 11) is 0. The molecule has 1 atom stereocenters. The molecule has 3 heteroatoms. The monoisotopic (exact) mass is 466 g/mol. The molecular formula is C33H22N2O+2. The molecule has 3 aliphatic rings. The molecule has 3 nitrogen and oxygen atoms in total. The molecule has 3 aromatic carbocycles. The third-order valence-electron chi connectivity index (χ3n) is 8.16. The highest BCUT2D eigenvalue weighted by Crippen LogP contribution is 2.50. The van der Waals surface area contributed by atoms with Crippen molar-refractivity contribution in [1.29, 1.82) is 0 Å². The lowest BCUT2D eigenvalue weighted by Gasteiger charge is -2.16. The van der Waals surface area contributed by atoms with Crippen LogP contribution in [0.1, 0.15) is 34.7 Å². The summed E-state index contributed by atoms with van der Waals surface area (Å²) in [5, 5.41) is 1.95. The minimum Gasteiger partial charge on any atom is -0.454 e. The molecule has 0 amide bonds. The predicted molar refractivity (Wildman–Crippen MR) is 140 cm³/mol. The van der Waals surface area contributed by atoms with E-state index in [0.717, 1.165) is 50.7 Å². The van der Waals surface area contributed by atoms with Gasteiger partial charge in [-0.3, -0.25) is 0 Å². The van der Waals surface area contributed by atoms with Crippen LogP contribution in [0.3, 0.4) is 0 Å². The van der Waals surface area contributed by atoms with Gasteiger partial charge in [-0.25, -0.2) is 0 Å². The Kier molecular flexibility index (Phi) is 2.66. The Morgan fingerprint density at radius 1 is 0.833 bits per heavy atom. The van der Waals surface area contributed by atoms with E-state index in [0.29, 0.717) is 16.8 Å². The van der Waals surface area contributed by atoms with Crippen LogP contribution in [0.2, 0.25) is 0 Å². The molecule has 0 saturated heterocycles. The summed E-state index contributed by atoms with van der Waals surface area (Å²) in [5.74, 6) is 0. The predicted octanol–water partition coefficient (Wildman–Crippen LogP) is 6.38. The second kappa shape index (κ2) is 6.19. The number of hydrogen-bond donors (Lipinski definition) is 0. The third kappa shape index (κ3) is 1.96. The zero-order chi connectivity index (χ0) is 27.1. The molecule has 0 fully saturated rings. The molecule has 1 unspecified atom stereocenters. The van der Waals surface area contributed by atoms with Crippen LogP contribution >= 0.6 is 0 Å². The molecule has 36 heavy (non-hydrogen) atoms. The average Bonchev–Trinajstić information content (AvgIpc) is 3.70. The molecule has 9 rings (SSSR count). The van der Waals surface area contributed by atoms with Crippen LogP contribution in [0.5, 0.6) is 0 Å². The quantitative estimate of drug-likeness (QED) is 0.238. The number of allylic oxidation sites excluding steroid dienone is 1. The standard InChI is InChI=1S/C33H22N2O/c1-20-18-21-12-13-22-23-14-15-27-30(32(23)36-31(22)25(21)19-20)29-11-5-7-17-35(29)33(27)26-9-3-2-8-24(26)28-10-4-6-16-34(28)33/h2-17,19H,18H2,1H3/q+2/i5D,7D,11D,17D. The van der Waals surface area contributed by atoms with Gasteiger partial charge in [0.05, 0.1) is 9.68 Å². The van der Waals surface area contributed by atoms with E-state index in [9.17, 15) is 1.37 Å². The number of hydrogen-bond acceptors (Lipinski definition) is 1. The first-order valence-electron chi connectivity index (χ1n) is 14.3. The number of furan rings is 1. The van der Waals surface area contributed by atoms with Crippen molar-refractivity contribution in [3.8, 4) is 22.5 Å². The van der Waals surface area contributed by atoms with Gasteiger partial charge in [0.25, 0.3) is 0 Å². The minimum absolute atomic E-state index is 0.0736. The van der Waals surface area contributed by atoms with E-state index >= 15 is 0 Å². The molecule has 2 aliphatic heterocycles. The largest absolute Gasteiger partial charge is 0.454 e. The third-order valence-corrected chi connectivity index (χ3v) is 8.16. The summed E-state index contributed by atoms with van der Waals surface area (Å²) in [4.78, 5) is 0. The SMILES string of the molecule is [2H]c1c([2H])c([2H])[n+]2c(c1[2H])-c1c(ccc3c1oc1c4c(ccc13)CC(C)=C4)C21c2ccccc2-c2cccc[n+]21. The molecule has 0 saturated carbocycles. The van der Waals surface area contributed by atoms with Gasteiger partial charge in [0.2, 0.25) is 11.4 Å². The van der Waals surface area contributed by atoms with Gasteiger partial charge >= 0.3 is 5.66 Å². The Bertz CT molecular complexity index is 2170. The number of fused-ring (bicyclic) bond motifs is 16. The zero-order valence-electron chi connectivity index (χ0n) is 23.5. The van der Waals surface area contributed by atoms with Crippen molar-refractivity contribution in [3.63, 3.8) is 0 Å². The number of rotatable bonds is 0. The first-order valence-corrected chi connectivity index (χ1v) is 12.3. The van der Waals surface area contributed by atoms with Crippen LogP contribution in [0.15, 0.2) is 107 Å². The summed E-state index contributed by atoms with van der Waals surface area (Å²) in [5.41, 5.74) is 9.07. The van der Waals surface area contributed by atoms with E-state index in [4.69, 9.17) is 8.53 Å². The van der Waals surface area contributed by atoms with Gasteiger partial charge in [-0.2, -0.15) is 0 Å². The van der Waals surface area contributed by atoms with Crippen molar-refractivity contribution < 1.29 is 19.0 Å². The average molecular weight is 467 g/mol. The fourth-order valence-electron chi connectivity index (χ4n) is 6.81. The normalized spacial score (nSPS) is 19.9. The van der Waals surface area contributed by atoms with Crippen molar-refractivity contribution >= 4 is 28.0 Å². The molecule has 0 N–H and O–H groups in total. The lowest BCUT2D eigenvalue weighted by molar-refractivity contribution is -0.955. The van der Waals surface area contributed by atoms with Gasteiger partial charge < -0.3 is 4.42 Å². The van der Waals surface area contributed by atoms with Gasteiger partial charge in [-0.05, 0) is 55.3 Å². The van der Waals surface area contributed by atoms with Crippen LogP contribution < -0.4 is 9.13 Å². The Labute approximate surface area is 213 Å². The maximum atomic E-state index is 9.22. The van der Waals surface area contributed by atoms with E-state index in [2.05, 4.69) is 60.0 Å². The second-order valence-electron chi connectivity index (χ2n) is 9.99. The number of nitrogens with zero attached hydrogens (tertiary/aromatic N) is 2. The highest BCUT2D eigenvalue weighted by molar-refractivity contribution is 6.12. The van der Waals surface area contributed by atoms with Gasteiger partial charge in [0.15, 0.2) is 12.4 Å². The Morgan fingerprint density at radius 2 is 1.69 bits per heavy atom. The maximum Gasteiger partial charge on any atom is 0.417 e. The van der Waals surface area contributed by atoms with Crippen molar-refractivity contribution in [2.75, 3.05) is 0 Å². The van der Waals surface area contributed by atoms with E-state index in [-0.39, 0.29) is 24.3 Å². The minimum atomic E-state index is -1.04. The van der Waals surface area contributed by atoms with Crippen LogP contribution in [-0.4, -0.2) is 0 Å². The molecule has 1 aliphatic carbocycles. The Balaban J connectivity index is 1.54. The van der Waals surface area contributed by atoms with E-state index in [1.807, 2.05) is 30.5 Å². The van der Waals surface area contributed by atoms with E-state index in [1.54, 1.807) is 4.57 Å². The fourth-order valence-corrected chi connectivity index (χ4v) is 6.81. The number of pyridine rings is 2. The summed E-state index contributed by atoms with van der Waals surface area (Å²) in [6, 6.07) is 22.1. The highest BCUT2D eigenvalue weighted by atomic mass is 16.3. The first kappa shape index (κ1) is 15.5. The van der Waals surface area contributed by atoms with Crippen LogP contribution in [-0.2, 0) is 12.1 Å². The lowest BCUT2D eigenvalue weighted by atomic mass is 9.89. The van der Waals surface area contributed by atoms with Crippen molar-refractivity contribution in [2.45, 2.75) is 19.0 Å². The van der Waals surface area contributed by atoms with Crippen LogP contribution in [0.4, 0.5) is 0 Å². The number of aromatic nitrogens is 2. The highest BCUT2D eigenvalue weighted by Gasteiger charge is 2.66. The van der Waals surface area contributed by atoms with Gasteiger partial charge in [-0.1, -0.05) is 35.9 Å². The molecule has 1 spiro atoms. The summed E-state index contributed by atoms with van der Waals surface area (Å²) in [6.45, 7) is 2.13. The van der Waals surface area contributed by atoms with Gasteiger partial charge in [-0.15, -0.1) is 9.13 Å². The van der Waals surface area contributed by atoms with Crippen molar-refractivity contribution in [2.24, 2.45) is 0 Å². The first-order chi connectivity index (χ1) is 19.4. The van der Waals surface area contributed by atoms with E-state index in [1.165, 1.54) is 11.1 Å². The number of benzene rings is 3. The van der Waals surface area contributed by atoms with Crippen LogP contribution in [0, 0.1) is 0 Å². The molecule has 168 valence electrons. The smallest absolute Gasteiger partial charge is 0.417 e. The summed E-state index contributed by atoms with van der Waals surface area (Å²) >= 11 is 0. The van der Waals surface area contributed by atoms with E-state index < -0.39 is 5.66 Å². The fraction of sp³-hybridized carbons (Fsp3) is 0.0909. The van der Waals surface area contributed by atoms with Crippen LogP contribution in [0.25, 0.3) is 50.5 Å². The zero-order valence-corrected chi connectivity index (χ0v) is 19.5. The Morgan fingerprint density at radius 3 is 2.67 bits per heavy atom. The summed E-state index contributed by atoms with van der Waals surface area (Å²) < 4.78 is 46.4. The molecular weight excluding hydrogens is 440 g/mol. The molecule has 3 aromatic heterocycles. The molecule has 6 aromatic rings. The van der Waals surface area contributed by atoms with Gasteiger partial charge in [0.1, 0.15) is 29.2 Å². The van der Waals surface area contributed by atoms with Crippen molar-refractivity contribution in [1.82, 2.24) is 0 Å². The lowest BCUT2D eigenvalue weighted by Crippen LogP contribution is -2.71. The topological polar surface area (TPSA) is 20.9 Å². The van der Waals surface area contributed by atoms with Gasteiger partial charge in [0, 0.05) is 40.6 Å². The molecule has 0 bridgehead atoms. The Hall–Kier alpha value is -4.50. The molecule has 5 heterocycles. The maximum absolute atomic E-state index is 9.22. The van der Waals surface area contributed by atoms with Crippen molar-refractivity contribution in [3.05, 3.63) is 125 Å². The second-order valence-corrected chi connectivity index (χ2v) is 9.99.